The number of phenols is 1. The van der Waals surface area contributed by atoms with Crippen molar-refractivity contribution in [3.63, 3.8) is 0 Å². The normalized spacial score (nSPS) is 10.3. The predicted octanol–water partition coefficient (Wildman–Crippen LogP) is 4.68. The molecular weight excluding hydrogens is 416 g/mol. The van der Waals surface area contributed by atoms with E-state index in [-0.39, 0.29) is 35.0 Å². The van der Waals surface area contributed by atoms with Gasteiger partial charge in [-0.15, -0.1) is 23.7 Å². The van der Waals surface area contributed by atoms with Gasteiger partial charge in [-0.3, -0.25) is 0 Å². The number of carboxylic acids is 1. The first kappa shape index (κ1) is 22.3. The Morgan fingerprint density at radius 3 is 2.48 bits per heavy atom. The van der Waals surface area contributed by atoms with Gasteiger partial charge in [-0.05, 0) is 44.2 Å². The molecule has 3 aromatic rings. The topological polar surface area (TPSA) is 115 Å². The van der Waals surface area contributed by atoms with Crippen molar-refractivity contribution in [2.45, 2.75) is 13.8 Å². The summed E-state index contributed by atoms with van der Waals surface area (Å²) < 4.78 is 11.2. The lowest BCUT2D eigenvalue weighted by atomic mass is 10.1. The second-order valence-corrected chi connectivity index (χ2v) is 6.69. The number of aromatic hydroxyl groups is 1. The average Bonchev–Trinajstić information content (AvgIpc) is 3.15. The Balaban J connectivity index is 0.00000300. The number of thiazole rings is 1. The molecular formula is C20H21ClN2O5S. The summed E-state index contributed by atoms with van der Waals surface area (Å²) in [7, 11) is 0. The number of phenolic OH excluding ortho intramolecular Hbond substituents is 1. The molecule has 0 aliphatic heterocycles. The number of aromatic nitrogens is 1. The fourth-order valence-corrected chi connectivity index (χ4v) is 3.51. The molecule has 0 aliphatic rings. The quantitative estimate of drug-likeness (QED) is 0.363. The van der Waals surface area contributed by atoms with Crippen molar-refractivity contribution in [1.82, 2.24) is 4.98 Å². The van der Waals surface area contributed by atoms with E-state index in [9.17, 15) is 15.0 Å². The molecule has 1 heterocycles. The van der Waals surface area contributed by atoms with Gasteiger partial charge in [0.15, 0.2) is 11.5 Å². The number of rotatable bonds is 7. The van der Waals surface area contributed by atoms with Gasteiger partial charge in [0.05, 0.1) is 30.2 Å². The molecule has 0 saturated heterocycles. The second-order valence-electron chi connectivity index (χ2n) is 5.83. The third kappa shape index (κ3) is 4.72. The molecule has 0 amide bonds. The maximum Gasteiger partial charge on any atom is 0.335 e. The molecule has 154 valence electrons. The lowest BCUT2D eigenvalue weighted by Gasteiger charge is -2.11. The highest BCUT2D eigenvalue weighted by Crippen LogP contribution is 2.39. The first-order valence-corrected chi connectivity index (χ1v) is 9.54. The van der Waals surface area contributed by atoms with Crippen LogP contribution in [0.1, 0.15) is 24.2 Å². The summed E-state index contributed by atoms with van der Waals surface area (Å²) in [5, 5.41) is 21.9. The molecule has 7 nitrogen and oxygen atoms in total. The summed E-state index contributed by atoms with van der Waals surface area (Å²) >= 11 is 1.37. The Kier molecular flexibility index (Phi) is 7.30. The van der Waals surface area contributed by atoms with Gasteiger partial charge in [-0.1, -0.05) is 0 Å². The number of aromatic carboxylic acids is 1. The van der Waals surface area contributed by atoms with Crippen LogP contribution in [0.3, 0.4) is 0 Å². The number of benzene rings is 2. The number of carboxylic acid groups (broad SMARTS) is 1. The standard InChI is InChI=1S/C20H20N2O5S.ClH/c1-3-26-16-6-5-11(9-17(16)27-4-2)19-22-15(10-28-19)13-7-12(20(24)25)8-14(21)18(13)23;/h5-10,23H,3-4,21H2,1-2H3,(H,24,25);1H. The van der Waals surface area contributed by atoms with Gasteiger partial charge in [-0.25, -0.2) is 9.78 Å². The molecule has 1 aromatic heterocycles. The van der Waals surface area contributed by atoms with E-state index in [0.29, 0.717) is 35.4 Å². The van der Waals surface area contributed by atoms with E-state index in [1.54, 1.807) is 5.38 Å². The van der Waals surface area contributed by atoms with Crippen LogP contribution in [0.2, 0.25) is 0 Å². The van der Waals surface area contributed by atoms with Crippen LogP contribution in [0.15, 0.2) is 35.7 Å². The van der Waals surface area contributed by atoms with Crippen molar-refractivity contribution in [2.24, 2.45) is 0 Å². The smallest absolute Gasteiger partial charge is 0.335 e. The monoisotopic (exact) mass is 436 g/mol. The fraction of sp³-hybridized carbons (Fsp3) is 0.200. The third-order valence-corrected chi connectivity index (χ3v) is 4.85. The number of nitrogens with two attached hydrogens (primary N) is 1. The molecule has 9 heteroatoms. The largest absolute Gasteiger partial charge is 0.505 e. The molecule has 3 rings (SSSR count). The number of halogens is 1. The molecule has 0 unspecified atom stereocenters. The summed E-state index contributed by atoms with van der Waals surface area (Å²) in [6, 6.07) is 8.12. The highest BCUT2D eigenvalue weighted by molar-refractivity contribution is 7.13. The number of carbonyl (C=O) groups is 1. The van der Waals surface area contributed by atoms with Crippen LogP contribution in [0.5, 0.6) is 17.2 Å². The highest BCUT2D eigenvalue weighted by atomic mass is 35.5. The minimum absolute atomic E-state index is 0. The molecule has 2 aromatic carbocycles. The lowest BCUT2D eigenvalue weighted by molar-refractivity contribution is 0.0697. The minimum Gasteiger partial charge on any atom is -0.505 e. The van der Waals surface area contributed by atoms with E-state index in [1.165, 1.54) is 23.5 Å². The van der Waals surface area contributed by atoms with Gasteiger partial charge in [0.1, 0.15) is 10.8 Å². The van der Waals surface area contributed by atoms with Crippen molar-refractivity contribution >= 4 is 35.4 Å². The molecule has 29 heavy (non-hydrogen) atoms. The van der Waals surface area contributed by atoms with Crippen molar-refractivity contribution in [1.29, 1.82) is 0 Å². The number of ether oxygens (including phenoxy) is 2. The number of hydrogen-bond donors (Lipinski definition) is 3. The number of nitrogen functional groups attached to an aromatic ring is 1. The second kappa shape index (κ2) is 9.49. The maximum absolute atomic E-state index is 11.3. The van der Waals surface area contributed by atoms with Crippen LogP contribution in [0.25, 0.3) is 21.8 Å². The van der Waals surface area contributed by atoms with Crippen molar-refractivity contribution in [3.8, 4) is 39.1 Å². The summed E-state index contributed by atoms with van der Waals surface area (Å²) in [6.45, 7) is 4.83. The first-order valence-electron chi connectivity index (χ1n) is 8.66. The van der Waals surface area contributed by atoms with Gasteiger partial charge >= 0.3 is 5.97 Å². The Labute approximate surface area is 178 Å². The van der Waals surface area contributed by atoms with E-state index in [0.717, 1.165) is 5.56 Å². The Bertz CT molecular complexity index is 1020. The van der Waals surface area contributed by atoms with E-state index in [1.807, 2.05) is 32.0 Å². The van der Waals surface area contributed by atoms with Crippen LogP contribution in [-0.2, 0) is 0 Å². The Hall–Kier alpha value is -2.97. The molecule has 4 N–H and O–H groups in total. The van der Waals surface area contributed by atoms with E-state index in [2.05, 4.69) is 4.98 Å². The van der Waals surface area contributed by atoms with E-state index >= 15 is 0 Å². The average molecular weight is 437 g/mol. The van der Waals surface area contributed by atoms with E-state index < -0.39 is 5.97 Å². The van der Waals surface area contributed by atoms with Crippen LogP contribution >= 0.6 is 23.7 Å². The first-order chi connectivity index (χ1) is 13.4. The molecule has 0 atom stereocenters. The van der Waals surface area contributed by atoms with Gasteiger partial charge in [0.2, 0.25) is 0 Å². The van der Waals surface area contributed by atoms with Crippen LogP contribution in [0.4, 0.5) is 5.69 Å². The van der Waals surface area contributed by atoms with Gasteiger partial charge in [0.25, 0.3) is 0 Å². The minimum atomic E-state index is -1.13. The third-order valence-electron chi connectivity index (χ3n) is 3.96. The van der Waals surface area contributed by atoms with Crippen molar-refractivity contribution in [2.75, 3.05) is 18.9 Å². The van der Waals surface area contributed by atoms with Crippen LogP contribution in [0, 0.1) is 0 Å². The van der Waals surface area contributed by atoms with E-state index in [4.69, 9.17) is 15.2 Å². The fourth-order valence-electron chi connectivity index (χ4n) is 2.69. The zero-order valence-corrected chi connectivity index (χ0v) is 17.5. The zero-order chi connectivity index (χ0) is 20.3. The SMILES string of the molecule is CCOc1ccc(-c2nc(-c3cc(C(=O)O)cc(N)c3O)cs2)cc1OCC.Cl. The Morgan fingerprint density at radius 1 is 1.14 bits per heavy atom. The summed E-state index contributed by atoms with van der Waals surface area (Å²) in [5.41, 5.74) is 7.26. The molecule has 0 spiro atoms. The van der Waals surface area contributed by atoms with Crippen LogP contribution in [-0.4, -0.2) is 34.4 Å². The molecule has 0 aliphatic carbocycles. The number of anilines is 1. The highest BCUT2D eigenvalue weighted by Gasteiger charge is 2.17. The summed E-state index contributed by atoms with van der Waals surface area (Å²) in [5.74, 6) is -0.0390. The van der Waals surface area contributed by atoms with Crippen molar-refractivity contribution < 1.29 is 24.5 Å². The Morgan fingerprint density at radius 2 is 1.83 bits per heavy atom. The van der Waals surface area contributed by atoms with Gasteiger partial charge < -0.3 is 25.4 Å². The maximum atomic E-state index is 11.3. The predicted molar refractivity (Wildman–Crippen MR) is 116 cm³/mol. The van der Waals surface area contributed by atoms with Gasteiger partial charge in [-0.2, -0.15) is 0 Å². The summed E-state index contributed by atoms with van der Waals surface area (Å²) in [4.78, 5) is 15.8. The lowest BCUT2D eigenvalue weighted by Crippen LogP contribution is -1.99. The number of hydrogen-bond acceptors (Lipinski definition) is 7. The molecule has 0 fully saturated rings. The molecule has 0 bridgehead atoms. The van der Waals surface area contributed by atoms with Gasteiger partial charge in [0, 0.05) is 16.5 Å². The molecule has 0 saturated carbocycles. The number of nitrogens with zero attached hydrogens (tertiary/aromatic N) is 1. The van der Waals surface area contributed by atoms with Crippen LogP contribution < -0.4 is 15.2 Å². The zero-order valence-electron chi connectivity index (χ0n) is 15.8. The van der Waals surface area contributed by atoms with Crippen molar-refractivity contribution in [3.05, 3.63) is 41.3 Å². The summed E-state index contributed by atoms with van der Waals surface area (Å²) in [6.07, 6.45) is 0. The molecule has 0 radical (unpaired) electrons.